The molecule has 120 valence electrons. The van der Waals surface area contributed by atoms with Gasteiger partial charge in [0.2, 0.25) is 11.8 Å². The Kier molecular flexibility index (Phi) is 6.21. The van der Waals surface area contributed by atoms with Crippen LogP contribution in [-0.2, 0) is 9.59 Å². The molecule has 1 aromatic carbocycles. The fourth-order valence-electron chi connectivity index (χ4n) is 2.41. The highest BCUT2D eigenvalue weighted by Gasteiger charge is 2.30. The molecule has 0 bridgehead atoms. The van der Waals surface area contributed by atoms with Crippen molar-refractivity contribution < 1.29 is 14.3 Å². The number of ether oxygens (including phenoxy) is 1. The minimum absolute atomic E-state index is 0.0189. The van der Waals surface area contributed by atoms with E-state index in [-0.39, 0.29) is 17.9 Å². The number of hydrogen-bond acceptors (Lipinski definition) is 4. The van der Waals surface area contributed by atoms with Crippen LogP contribution in [0.15, 0.2) is 30.3 Å². The number of likely N-dealkylation sites (tertiary alicyclic amines) is 1. The number of benzene rings is 1. The predicted molar refractivity (Wildman–Crippen MR) is 83.6 cm³/mol. The fraction of sp³-hybridized carbons (Fsp3) is 0.500. The summed E-state index contributed by atoms with van der Waals surface area (Å²) < 4.78 is 5.60. The summed E-state index contributed by atoms with van der Waals surface area (Å²) in [4.78, 5) is 25.3. The zero-order chi connectivity index (χ0) is 15.8. The molecule has 2 N–H and O–H groups in total. The second-order valence-electron chi connectivity index (χ2n) is 5.32. The number of hydrogen-bond donors (Lipinski definition) is 2. The zero-order valence-corrected chi connectivity index (χ0v) is 12.9. The average molecular weight is 305 g/mol. The lowest BCUT2D eigenvalue weighted by Gasteiger charge is -2.17. The van der Waals surface area contributed by atoms with Gasteiger partial charge in [-0.05, 0) is 19.2 Å². The van der Waals surface area contributed by atoms with Gasteiger partial charge in [0.1, 0.15) is 12.4 Å². The van der Waals surface area contributed by atoms with Crippen LogP contribution in [0.25, 0.3) is 0 Å². The third-order valence-electron chi connectivity index (χ3n) is 3.55. The molecule has 1 aliphatic rings. The number of nitrogens with one attached hydrogen (secondary N) is 2. The molecule has 22 heavy (non-hydrogen) atoms. The predicted octanol–water partition coefficient (Wildman–Crippen LogP) is 0.392. The smallest absolute Gasteiger partial charge is 0.224 e. The van der Waals surface area contributed by atoms with Crippen molar-refractivity contribution in [2.24, 2.45) is 0 Å². The molecule has 1 fully saturated rings. The van der Waals surface area contributed by atoms with Gasteiger partial charge in [-0.2, -0.15) is 0 Å². The minimum atomic E-state index is -0.0893. The lowest BCUT2D eigenvalue weighted by Crippen LogP contribution is -2.38. The summed E-state index contributed by atoms with van der Waals surface area (Å²) in [6.45, 7) is 2.19. The summed E-state index contributed by atoms with van der Waals surface area (Å²) in [5, 5.41) is 5.83. The van der Waals surface area contributed by atoms with E-state index in [0.717, 1.165) is 5.75 Å². The molecule has 6 heteroatoms. The van der Waals surface area contributed by atoms with E-state index >= 15 is 0 Å². The molecule has 2 amide bonds. The number of carbonyl (C=O) groups is 2. The van der Waals surface area contributed by atoms with Crippen molar-refractivity contribution in [2.75, 3.05) is 33.3 Å². The SMILES string of the molecule is CNCCC(=O)NC1CC(=O)N(CCOc2ccccc2)C1. The van der Waals surface area contributed by atoms with Crippen molar-refractivity contribution >= 4 is 11.8 Å². The van der Waals surface area contributed by atoms with Gasteiger partial charge in [0.15, 0.2) is 0 Å². The van der Waals surface area contributed by atoms with Crippen LogP contribution in [0, 0.1) is 0 Å². The van der Waals surface area contributed by atoms with Crippen molar-refractivity contribution in [3.05, 3.63) is 30.3 Å². The summed E-state index contributed by atoms with van der Waals surface area (Å²) in [6.07, 6.45) is 0.801. The molecule has 0 spiro atoms. The average Bonchev–Trinajstić information content (AvgIpc) is 2.86. The summed E-state index contributed by atoms with van der Waals surface area (Å²) in [5.74, 6) is 0.844. The van der Waals surface area contributed by atoms with Crippen LogP contribution in [0.4, 0.5) is 0 Å². The Morgan fingerprint density at radius 3 is 2.86 bits per heavy atom. The third kappa shape index (κ3) is 5.04. The van der Waals surface area contributed by atoms with Crippen LogP contribution in [0.2, 0.25) is 0 Å². The first-order valence-corrected chi connectivity index (χ1v) is 7.58. The molecule has 0 radical (unpaired) electrons. The Morgan fingerprint density at radius 1 is 1.36 bits per heavy atom. The summed E-state index contributed by atoms with van der Waals surface area (Å²) in [7, 11) is 1.81. The Bertz CT molecular complexity index is 493. The van der Waals surface area contributed by atoms with Gasteiger partial charge in [0, 0.05) is 25.9 Å². The van der Waals surface area contributed by atoms with Crippen LogP contribution >= 0.6 is 0 Å². The van der Waals surface area contributed by atoms with Gasteiger partial charge >= 0.3 is 0 Å². The first-order chi connectivity index (χ1) is 10.7. The Labute approximate surface area is 130 Å². The Morgan fingerprint density at radius 2 is 2.14 bits per heavy atom. The number of nitrogens with zero attached hydrogens (tertiary/aromatic N) is 1. The van der Waals surface area contributed by atoms with Crippen LogP contribution in [-0.4, -0.2) is 56.0 Å². The van der Waals surface area contributed by atoms with Gasteiger partial charge in [-0.25, -0.2) is 0 Å². The monoisotopic (exact) mass is 305 g/mol. The maximum absolute atomic E-state index is 11.9. The Balaban J connectivity index is 1.69. The van der Waals surface area contributed by atoms with Gasteiger partial charge in [-0.1, -0.05) is 18.2 Å². The van der Waals surface area contributed by atoms with Gasteiger partial charge in [-0.3, -0.25) is 9.59 Å². The van der Waals surface area contributed by atoms with Crippen molar-refractivity contribution in [3.8, 4) is 5.75 Å². The third-order valence-corrected chi connectivity index (χ3v) is 3.55. The highest BCUT2D eigenvalue weighted by Crippen LogP contribution is 2.12. The molecule has 1 aromatic rings. The van der Waals surface area contributed by atoms with E-state index in [1.807, 2.05) is 30.3 Å². The highest BCUT2D eigenvalue weighted by molar-refractivity contribution is 5.82. The van der Waals surface area contributed by atoms with Crippen LogP contribution in [0.5, 0.6) is 5.75 Å². The molecule has 1 atom stereocenters. The second-order valence-corrected chi connectivity index (χ2v) is 5.32. The first-order valence-electron chi connectivity index (χ1n) is 7.58. The molecule has 1 aliphatic heterocycles. The topological polar surface area (TPSA) is 70.7 Å². The number of amides is 2. The highest BCUT2D eigenvalue weighted by atomic mass is 16.5. The molecule has 0 saturated carbocycles. The molecule has 6 nitrogen and oxygen atoms in total. The molecule has 2 rings (SSSR count). The first kappa shape index (κ1) is 16.3. The summed E-state index contributed by atoms with van der Waals surface area (Å²) in [5.41, 5.74) is 0. The van der Waals surface area contributed by atoms with Crippen molar-refractivity contribution in [2.45, 2.75) is 18.9 Å². The van der Waals surface area contributed by atoms with Crippen molar-refractivity contribution in [1.29, 1.82) is 0 Å². The van der Waals surface area contributed by atoms with E-state index in [2.05, 4.69) is 10.6 Å². The van der Waals surface area contributed by atoms with E-state index in [1.54, 1.807) is 11.9 Å². The standard InChI is InChI=1S/C16H23N3O3/c1-17-8-7-15(20)18-13-11-16(21)19(12-13)9-10-22-14-5-3-2-4-6-14/h2-6,13,17H,7-12H2,1H3,(H,18,20). The zero-order valence-electron chi connectivity index (χ0n) is 12.9. The molecule has 0 aromatic heterocycles. The van der Waals surface area contributed by atoms with E-state index in [0.29, 0.717) is 39.1 Å². The van der Waals surface area contributed by atoms with E-state index in [1.165, 1.54) is 0 Å². The van der Waals surface area contributed by atoms with Crippen molar-refractivity contribution in [1.82, 2.24) is 15.5 Å². The normalized spacial score (nSPS) is 17.6. The van der Waals surface area contributed by atoms with Gasteiger partial charge in [0.25, 0.3) is 0 Å². The minimum Gasteiger partial charge on any atom is -0.492 e. The molecular weight excluding hydrogens is 282 g/mol. The van der Waals surface area contributed by atoms with Gasteiger partial charge in [0.05, 0.1) is 12.6 Å². The summed E-state index contributed by atoms with van der Waals surface area (Å²) in [6, 6.07) is 9.43. The molecule has 1 unspecified atom stereocenters. The molecule has 1 saturated heterocycles. The maximum Gasteiger partial charge on any atom is 0.224 e. The lowest BCUT2D eigenvalue weighted by molar-refractivity contribution is -0.128. The quantitative estimate of drug-likeness (QED) is 0.729. The largest absolute Gasteiger partial charge is 0.492 e. The molecular formula is C16H23N3O3. The van der Waals surface area contributed by atoms with Crippen LogP contribution < -0.4 is 15.4 Å². The number of rotatable bonds is 8. The lowest BCUT2D eigenvalue weighted by atomic mass is 10.2. The molecule has 1 heterocycles. The van der Waals surface area contributed by atoms with E-state index < -0.39 is 0 Å². The van der Waals surface area contributed by atoms with E-state index in [9.17, 15) is 9.59 Å². The van der Waals surface area contributed by atoms with E-state index in [4.69, 9.17) is 4.74 Å². The molecule has 0 aliphatic carbocycles. The fourth-order valence-corrected chi connectivity index (χ4v) is 2.41. The summed E-state index contributed by atoms with van der Waals surface area (Å²) >= 11 is 0. The Hall–Kier alpha value is -2.08. The van der Waals surface area contributed by atoms with Crippen molar-refractivity contribution in [3.63, 3.8) is 0 Å². The van der Waals surface area contributed by atoms with Gasteiger partial charge < -0.3 is 20.3 Å². The maximum atomic E-state index is 11.9. The number of para-hydroxylation sites is 1. The van der Waals surface area contributed by atoms with Crippen LogP contribution in [0.3, 0.4) is 0 Å². The van der Waals surface area contributed by atoms with Crippen LogP contribution in [0.1, 0.15) is 12.8 Å². The number of carbonyl (C=O) groups excluding carboxylic acids is 2. The second kappa shape index (κ2) is 8.38. The van der Waals surface area contributed by atoms with Gasteiger partial charge in [-0.15, -0.1) is 0 Å².